The van der Waals surface area contributed by atoms with E-state index >= 15 is 0 Å². The predicted molar refractivity (Wildman–Crippen MR) is 117 cm³/mol. The van der Waals surface area contributed by atoms with E-state index in [0.717, 1.165) is 17.7 Å². The minimum Gasteiger partial charge on any atom is -0.489 e. The second-order valence-electron chi connectivity index (χ2n) is 7.13. The fourth-order valence-electron chi connectivity index (χ4n) is 2.90. The number of H-pyrrole nitrogens is 1. The van der Waals surface area contributed by atoms with Crippen LogP contribution in [-0.2, 0) is 17.6 Å². The van der Waals surface area contributed by atoms with Crippen LogP contribution >= 0.6 is 11.8 Å². The number of aromatic amines is 1. The number of hydrogen-bond donors (Lipinski definition) is 1. The highest BCUT2D eigenvalue weighted by Gasteiger charge is 2.29. The molecule has 0 radical (unpaired) electrons. The molecule has 0 aliphatic rings. The molecule has 0 atom stereocenters. The Balaban J connectivity index is 1.42. The number of carbonyl (C=O) groups is 1. The molecular weight excluding hydrogens is 455 g/mol. The van der Waals surface area contributed by atoms with Gasteiger partial charge in [0.2, 0.25) is 5.16 Å². The maximum absolute atomic E-state index is 12.7. The zero-order valence-corrected chi connectivity index (χ0v) is 18.2. The number of thioether (sulfide) groups is 1. The van der Waals surface area contributed by atoms with Crippen molar-refractivity contribution in [3.63, 3.8) is 0 Å². The molecular formula is C23H18F3N3O3S. The van der Waals surface area contributed by atoms with Gasteiger partial charge in [-0.2, -0.15) is 18.2 Å². The molecule has 0 aliphatic carbocycles. The largest absolute Gasteiger partial charge is 0.489 e. The molecule has 0 fully saturated rings. The molecule has 0 unspecified atom stereocenters. The molecule has 6 nitrogen and oxygen atoms in total. The van der Waals surface area contributed by atoms with Crippen LogP contribution in [0.1, 0.15) is 18.1 Å². The zero-order chi connectivity index (χ0) is 23.4. The number of aromatic nitrogens is 3. The molecule has 10 heteroatoms. The summed E-state index contributed by atoms with van der Waals surface area (Å²) < 4.78 is 49.7. The van der Waals surface area contributed by atoms with Gasteiger partial charge in [-0.25, -0.2) is 0 Å². The second-order valence-corrected chi connectivity index (χ2v) is 8.07. The minimum atomic E-state index is -4.36. The van der Waals surface area contributed by atoms with Crippen LogP contribution in [0.15, 0.2) is 70.2 Å². The van der Waals surface area contributed by atoms with Crippen LogP contribution in [0.5, 0.6) is 5.75 Å². The molecule has 2 aromatic carbocycles. The Bertz CT molecular complexity index is 1250. The molecule has 2 heterocycles. The lowest BCUT2D eigenvalue weighted by atomic mass is 10.1. The monoisotopic (exact) mass is 473 g/mol. The van der Waals surface area contributed by atoms with Crippen molar-refractivity contribution < 1.29 is 27.1 Å². The van der Waals surface area contributed by atoms with Crippen molar-refractivity contribution in [2.75, 3.05) is 5.75 Å². The molecule has 0 spiro atoms. The maximum Gasteiger partial charge on any atom is 0.416 e. The highest BCUT2D eigenvalue weighted by atomic mass is 32.2. The van der Waals surface area contributed by atoms with Gasteiger partial charge in [-0.05, 0) is 48.9 Å². The summed E-state index contributed by atoms with van der Waals surface area (Å²) in [4.78, 5) is 15.4. The Morgan fingerprint density at radius 2 is 1.85 bits per heavy atom. The summed E-state index contributed by atoms with van der Waals surface area (Å²) in [6.07, 6.45) is -4.36. The number of nitrogens with one attached hydrogen (secondary N) is 1. The Labute approximate surface area is 191 Å². The van der Waals surface area contributed by atoms with E-state index in [0.29, 0.717) is 39.6 Å². The molecule has 170 valence electrons. The number of benzene rings is 2. The van der Waals surface area contributed by atoms with Crippen LogP contribution < -0.4 is 4.74 Å². The van der Waals surface area contributed by atoms with Crippen LogP contribution in [0, 0.1) is 0 Å². The number of nitrogens with zero attached hydrogens (tertiary/aromatic N) is 2. The summed E-state index contributed by atoms with van der Waals surface area (Å²) in [7, 11) is 0. The number of Topliss-reactive ketones (excluding diaryl/α,β-unsaturated/α-hetero) is 1. The lowest BCUT2D eigenvalue weighted by molar-refractivity contribution is -0.137. The average molecular weight is 473 g/mol. The summed E-state index contributed by atoms with van der Waals surface area (Å²) in [5, 5.41) is 7.31. The third-order valence-electron chi connectivity index (χ3n) is 4.51. The number of ether oxygens (including phenoxy) is 1. The van der Waals surface area contributed by atoms with Gasteiger partial charge in [0.15, 0.2) is 11.6 Å². The molecule has 4 rings (SSSR count). The van der Waals surface area contributed by atoms with E-state index in [2.05, 4.69) is 15.2 Å². The normalized spacial score (nSPS) is 11.5. The molecule has 0 saturated carbocycles. The number of halogens is 3. The average Bonchev–Trinajstić information content (AvgIpc) is 3.46. The van der Waals surface area contributed by atoms with Gasteiger partial charge in [-0.3, -0.25) is 9.89 Å². The van der Waals surface area contributed by atoms with Gasteiger partial charge in [0, 0.05) is 5.56 Å². The van der Waals surface area contributed by atoms with Gasteiger partial charge in [-0.1, -0.05) is 36.0 Å². The van der Waals surface area contributed by atoms with Crippen LogP contribution in [0.25, 0.3) is 22.9 Å². The second kappa shape index (κ2) is 9.53. The summed E-state index contributed by atoms with van der Waals surface area (Å²) in [5.74, 6) is 2.39. The van der Waals surface area contributed by atoms with E-state index in [1.807, 2.05) is 6.07 Å². The van der Waals surface area contributed by atoms with Crippen molar-refractivity contribution in [3.05, 3.63) is 71.8 Å². The van der Waals surface area contributed by atoms with Crippen LogP contribution in [0.2, 0.25) is 0 Å². The van der Waals surface area contributed by atoms with Crippen molar-refractivity contribution in [2.24, 2.45) is 0 Å². The van der Waals surface area contributed by atoms with Crippen LogP contribution in [-0.4, -0.2) is 26.7 Å². The molecule has 0 aliphatic heterocycles. The number of hydrogen-bond acceptors (Lipinski definition) is 6. The van der Waals surface area contributed by atoms with Crippen LogP contribution in [0.3, 0.4) is 0 Å². The Hall–Kier alpha value is -3.53. The summed E-state index contributed by atoms with van der Waals surface area (Å²) in [6, 6.07) is 15.6. The van der Waals surface area contributed by atoms with E-state index in [1.54, 1.807) is 30.3 Å². The fourth-order valence-corrected chi connectivity index (χ4v) is 3.50. The maximum atomic E-state index is 12.7. The van der Waals surface area contributed by atoms with E-state index in [-0.39, 0.29) is 12.4 Å². The smallest absolute Gasteiger partial charge is 0.416 e. The standard InChI is InChI=1S/C23H18F3N3O3S/c1-14(30)13-33-22-27-21(28-29-22)20-10-9-19(32-20)16-3-2-4-18(11-16)31-12-15-5-7-17(8-6-15)23(24,25)26/h2-11H,12-13H2,1H3,(H,27,28,29). The molecule has 33 heavy (non-hydrogen) atoms. The number of ketones is 1. The van der Waals surface area contributed by atoms with E-state index in [4.69, 9.17) is 9.15 Å². The van der Waals surface area contributed by atoms with Crippen molar-refractivity contribution in [3.8, 4) is 28.7 Å². The molecule has 1 N–H and O–H groups in total. The molecule has 2 aromatic heterocycles. The summed E-state index contributed by atoms with van der Waals surface area (Å²) >= 11 is 1.24. The molecule has 4 aromatic rings. The number of rotatable bonds is 8. The molecule has 0 amide bonds. The highest BCUT2D eigenvalue weighted by molar-refractivity contribution is 7.99. The highest BCUT2D eigenvalue weighted by Crippen LogP contribution is 2.31. The lowest BCUT2D eigenvalue weighted by Crippen LogP contribution is -2.05. The van der Waals surface area contributed by atoms with Crippen molar-refractivity contribution >= 4 is 17.5 Å². The first-order valence-electron chi connectivity index (χ1n) is 9.82. The third kappa shape index (κ3) is 5.83. The van der Waals surface area contributed by atoms with Gasteiger partial charge < -0.3 is 9.15 Å². The Morgan fingerprint density at radius 1 is 1.09 bits per heavy atom. The van der Waals surface area contributed by atoms with Crippen molar-refractivity contribution in [1.29, 1.82) is 0 Å². The van der Waals surface area contributed by atoms with Crippen LogP contribution in [0.4, 0.5) is 13.2 Å². The summed E-state index contributed by atoms with van der Waals surface area (Å²) in [5.41, 5.74) is 0.688. The lowest BCUT2D eigenvalue weighted by Gasteiger charge is -2.09. The van der Waals surface area contributed by atoms with E-state index in [9.17, 15) is 18.0 Å². The number of alkyl halides is 3. The van der Waals surface area contributed by atoms with E-state index in [1.165, 1.54) is 30.8 Å². The molecule has 0 saturated heterocycles. The predicted octanol–water partition coefficient (Wildman–Crippen LogP) is 6.01. The minimum absolute atomic E-state index is 0.0343. The van der Waals surface area contributed by atoms with Gasteiger partial charge >= 0.3 is 6.18 Å². The van der Waals surface area contributed by atoms with E-state index < -0.39 is 11.7 Å². The van der Waals surface area contributed by atoms with Gasteiger partial charge in [0.05, 0.1) is 11.3 Å². The van der Waals surface area contributed by atoms with Crippen molar-refractivity contribution in [1.82, 2.24) is 15.2 Å². The Kier molecular flexibility index (Phi) is 6.55. The van der Waals surface area contributed by atoms with Gasteiger partial charge in [-0.15, -0.1) is 5.10 Å². The third-order valence-corrected chi connectivity index (χ3v) is 5.51. The number of carbonyl (C=O) groups excluding carboxylic acids is 1. The van der Waals surface area contributed by atoms with Gasteiger partial charge in [0.25, 0.3) is 0 Å². The first-order valence-corrected chi connectivity index (χ1v) is 10.8. The first-order chi connectivity index (χ1) is 15.8. The van der Waals surface area contributed by atoms with Gasteiger partial charge in [0.1, 0.15) is 23.9 Å². The SMILES string of the molecule is CC(=O)CSc1n[nH]c(-c2ccc(-c3cccc(OCc4ccc(C(F)(F)F)cc4)c3)o2)n1. The first kappa shape index (κ1) is 22.7. The zero-order valence-electron chi connectivity index (χ0n) is 17.3. The fraction of sp³-hybridized carbons (Fsp3) is 0.174. The molecule has 0 bridgehead atoms. The quantitative estimate of drug-likeness (QED) is 0.316. The number of furan rings is 1. The van der Waals surface area contributed by atoms with Crippen molar-refractivity contribution in [2.45, 2.75) is 24.9 Å². The summed E-state index contributed by atoms with van der Waals surface area (Å²) in [6.45, 7) is 1.63. The Morgan fingerprint density at radius 3 is 2.58 bits per heavy atom. The topological polar surface area (TPSA) is 81.0 Å².